The second kappa shape index (κ2) is 10.4. The van der Waals surface area contributed by atoms with Crippen molar-refractivity contribution in [1.82, 2.24) is 14.5 Å². The van der Waals surface area contributed by atoms with Gasteiger partial charge in [-0.25, -0.2) is 17.2 Å². The van der Waals surface area contributed by atoms with Crippen molar-refractivity contribution in [2.45, 2.75) is 10.8 Å². The number of halogens is 3. The molecular formula is C23H20ClF2N3O4S2. The Morgan fingerprint density at radius 1 is 0.943 bits per heavy atom. The van der Waals surface area contributed by atoms with Gasteiger partial charge in [0.2, 0.25) is 0 Å². The van der Waals surface area contributed by atoms with Gasteiger partial charge in [0.05, 0.1) is 6.54 Å². The number of amides is 2. The molecule has 1 fully saturated rings. The number of nitrogens with one attached hydrogen (secondary N) is 1. The van der Waals surface area contributed by atoms with Crippen molar-refractivity contribution in [2.75, 3.05) is 26.2 Å². The van der Waals surface area contributed by atoms with E-state index in [1.807, 2.05) is 0 Å². The molecule has 0 spiro atoms. The number of piperazine rings is 1. The third-order valence-electron chi connectivity index (χ3n) is 5.46. The van der Waals surface area contributed by atoms with Crippen molar-refractivity contribution in [1.29, 1.82) is 0 Å². The summed E-state index contributed by atoms with van der Waals surface area (Å²) in [5, 5.41) is 3.25. The quantitative estimate of drug-likeness (QED) is 0.517. The summed E-state index contributed by atoms with van der Waals surface area (Å²) < 4.78 is 55.4. The molecule has 1 aliphatic heterocycles. The highest BCUT2D eigenvalue weighted by Gasteiger charge is 2.33. The number of rotatable bonds is 6. The van der Waals surface area contributed by atoms with E-state index in [9.17, 15) is 26.8 Å². The molecule has 2 aromatic carbocycles. The maximum Gasteiger partial charge on any atom is 0.259 e. The van der Waals surface area contributed by atoms with Crippen LogP contribution in [-0.4, -0.2) is 55.6 Å². The molecule has 1 N–H and O–H groups in total. The zero-order valence-electron chi connectivity index (χ0n) is 18.2. The zero-order valence-corrected chi connectivity index (χ0v) is 20.6. The third-order valence-corrected chi connectivity index (χ3v) is 9.17. The Bertz CT molecular complexity index is 1340. The fraction of sp³-hybridized carbons (Fsp3) is 0.217. The van der Waals surface area contributed by atoms with E-state index in [0.717, 1.165) is 23.5 Å². The summed E-state index contributed by atoms with van der Waals surface area (Å²) in [5.41, 5.74) is -0.214. The predicted octanol–water partition coefficient (Wildman–Crippen LogP) is 3.76. The van der Waals surface area contributed by atoms with Gasteiger partial charge < -0.3 is 10.2 Å². The molecular weight excluding hydrogens is 520 g/mol. The Morgan fingerprint density at radius 2 is 1.57 bits per heavy atom. The lowest BCUT2D eigenvalue weighted by atomic mass is 10.1. The van der Waals surface area contributed by atoms with E-state index in [4.69, 9.17) is 11.6 Å². The van der Waals surface area contributed by atoms with E-state index in [0.29, 0.717) is 15.5 Å². The van der Waals surface area contributed by atoms with Crippen LogP contribution in [0, 0.1) is 11.6 Å². The van der Waals surface area contributed by atoms with Gasteiger partial charge >= 0.3 is 0 Å². The normalized spacial score (nSPS) is 14.7. The number of nitrogens with zero attached hydrogens (tertiary/aromatic N) is 2. The van der Waals surface area contributed by atoms with Crippen LogP contribution in [0.1, 0.15) is 25.6 Å². The van der Waals surface area contributed by atoms with E-state index in [1.54, 1.807) is 30.3 Å². The number of carbonyl (C=O) groups excluding carboxylic acids is 2. The maximum absolute atomic E-state index is 13.9. The first-order valence-electron chi connectivity index (χ1n) is 10.5. The smallest absolute Gasteiger partial charge is 0.259 e. The molecule has 0 saturated carbocycles. The van der Waals surface area contributed by atoms with Crippen LogP contribution in [0.4, 0.5) is 8.78 Å². The topological polar surface area (TPSA) is 86.8 Å². The molecule has 1 aromatic heterocycles. The molecule has 0 aliphatic carbocycles. The van der Waals surface area contributed by atoms with Crippen LogP contribution in [0.25, 0.3) is 0 Å². The predicted molar refractivity (Wildman–Crippen MR) is 128 cm³/mol. The van der Waals surface area contributed by atoms with Crippen LogP contribution in [0.5, 0.6) is 0 Å². The zero-order chi connectivity index (χ0) is 25.2. The standard InChI is InChI=1S/C23H20ClF2N3O4S2/c24-16-6-4-15(5-7-16)22(30)27-14-17-8-9-20(34-17)35(32,33)29-12-10-28(11-13-29)23(31)21-18(25)2-1-3-19(21)26/h1-9H,10-14H2,(H,27,30). The third kappa shape index (κ3) is 5.53. The highest BCUT2D eigenvalue weighted by atomic mass is 35.5. The van der Waals surface area contributed by atoms with Gasteiger partial charge in [0.1, 0.15) is 21.4 Å². The van der Waals surface area contributed by atoms with E-state index in [2.05, 4.69) is 5.32 Å². The summed E-state index contributed by atoms with van der Waals surface area (Å²) in [7, 11) is -3.83. The molecule has 0 unspecified atom stereocenters. The second-order valence-corrected chi connectivity index (χ2v) is 11.5. The van der Waals surface area contributed by atoms with Gasteiger partial charge in [-0.3, -0.25) is 9.59 Å². The SMILES string of the molecule is O=C(NCc1ccc(S(=O)(=O)N2CCN(C(=O)c3c(F)cccc3F)CC2)s1)c1ccc(Cl)cc1. The molecule has 0 bridgehead atoms. The van der Waals surface area contributed by atoms with E-state index in [1.165, 1.54) is 21.3 Å². The number of benzene rings is 2. The van der Waals surface area contributed by atoms with Gasteiger partial charge in [-0.15, -0.1) is 11.3 Å². The second-order valence-electron chi connectivity index (χ2n) is 7.70. The minimum Gasteiger partial charge on any atom is -0.347 e. The van der Waals surface area contributed by atoms with Crippen LogP contribution in [-0.2, 0) is 16.6 Å². The Kier molecular flexibility index (Phi) is 7.50. The monoisotopic (exact) mass is 539 g/mol. The first-order valence-corrected chi connectivity index (χ1v) is 13.2. The van der Waals surface area contributed by atoms with Gasteiger partial charge in [0.25, 0.3) is 21.8 Å². The molecule has 2 amide bonds. The summed E-state index contributed by atoms with van der Waals surface area (Å²) in [6, 6.07) is 12.7. The summed E-state index contributed by atoms with van der Waals surface area (Å²) >= 11 is 6.86. The van der Waals surface area contributed by atoms with Crippen molar-refractivity contribution in [2.24, 2.45) is 0 Å². The van der Waals surface area contributed by atoms with Crippen LogP contribution in [0.2, 0.25) is 5.02 Å². The lowest BCUT2D eigenvalue weighted by molar-refractivity contribution is 0.0688. The lowest BCUT2D eigenvalue weighted by Gasteiger charge is -2.33. The number of hydrogen-bond acceptors (Lipinski definition) is 5. The molecule has 4 rings (SSSR count). The first-order chi connectivity index (χ1) is 16.7. The van der Waals surface area contributed by atoms with Gasteiger partial charge in [-0.2, -0.15) is 4.31 Å². The van der Waals surface area contributed by atoms with Gasteiger partial charge in [0, 0.05) is 41.6 Å². The molecule has 1 saturated heterocycles. The Morgan fingerprint density at radius 3 is 2.20 bits per heavy atom. The van der Waals surface area contributed by atoms with Crippen molar-refractivity contribution < 1.29 is 26.8 Å². The molecule has 1 aliphatic rings. The van der Waals surface area contributed by atoms with E-state index in [-0.39, 0.29) is 42.8 Å². The molecule has 184 valence electrons. The minimum absolute atomic E-state index is 0.00121. The van der Waals surface area contributed by atoms with Crippen LogP contribution in [0.15, 0.2) is 58.8 Å². The average Bonchev–Trinajstić information content (AvgIpc) is 3.33. The van der Waals surface area contributed by atoms with Crippen LogP contribution < -0.4 is 5.32 Å². The van der Waals surface area contributed by atoms with Crippen molar-refractivity contribution in [3.8, 4) is 0 Å². The molecule has 35 heavy (non-hydrogen) atoms. The molecule has 12 heteroatoms. The van der Waals surface area contributed by atoms with Gasteiger partial charge in [-0.05, 0) is 48.5 Å². The summed E-state index contributed by atoms with van der Waals surface area (Å²) in [5.74, 6) is -3.04. The highest BCUT2D eigenvalue weighted by molar-refractivity contribution is 7.91. The molecule has 3 aromatic rings. The number of hydrogen-bond donors (Lipinski definition) is 1. The van der Waals surface area contributed by atoms with Crippen LogP contribution in [0.3, 0.4) is 0 Å². The fourth-order valence-corrected chi connectivity index (χ4v) is 6.58. The first kappa shape index (κ1) is 25.2. The Hall–Kier alpha value is -2.86. The molecule has 7 nitrogen and oxygen atoms in total. The van der Waals surface area contributed by atoms with E-state index < -0.39 is 33.1 Å². The lowest BCUT2D eigenvalue weighted by Crippen LogP contribution is -2.50. The summed E-state index contributed by atoms with van der Waals surface area (Å²) in [6.07, 6.45) is 0. The van der Waals surface area contributed by atoms with Gasteiger partial charge in [0.15, 0.2) is 0 Å². The Labute approximate surface area is 210 Å². The fourth-order valence-electron chi connectivity index (χ4n) is 3.58. The average molecular weight is 540 g/mol. The van der Waals surface area contributed by atoms with Gasteiger partial charge in [-0.1, -0.05) is 17.7 Å². The summed E-state index contributed by atoms with van der Waals surface area (Å²) in [6.45, 7) is 0.135. The van der Waals surface area contributed by atoms with E-state index >= 15 is 0 Å². The summed E-state index contributed by atoms with van der Waals surface area (Å²) in [4.78, 5) is 26.7. The largest absolute Gasteiger partial charge is 0.347 e. The van der Waals surface area contributed by atoms with Crippen molar-refractivity contribution in [3.05, 3.63) is 87.3 Å². The van der Waals surface area contributed by atoms with Crippen molar-refractivity contribution >= 4 is 44.8 Å². The number of thiophene rings is 1. The van der Waals surface area contributed by atoms with Crippen LogP contribution >= 0.6 is 22.9 Å². The highest BCUT2D eigenvalue weighted by Crippen LogP contribution is 2.26. The van der Waals surface area contributed by atoms with Crippen molar-refractivity contribution in [3.63, 3.8) is 0 Å². The number of sulfonamides is 1. The molecule has 0 atom stereocenters. The molecule has 0 radical (unpaired) electrons. The number of carbonyl (C=O) groups is 2. The minimum atomic E-state index is -3.83. The molecule has 2 heterocycles. The Balaban J connectivity index is 1.36. The maximum atomic E-state index is 13.9.